The molecule has 1 aromatic heterocycles. The number of ether oxygens (including phenoxy) is 2. The Morgan fingerprint density at radius 2 is 1.96 bits per heavy atom. The van der Waals surface area contributed by atoms with Crippen LogP contribution in [0.15, 0.2) is 48.5 Å². The number of para-hydroxylation sites is 2. The van der Waals surface area contributed by atoms with Crippen LogP contribution in [0.5, 0.6) is 5.75 Å². The molecule has 1 aliphatic heterocycles. The van der Waals surface area contributed by atoms with E-state index >= 15 is 0 Å². The number of fused-ring (bicyclic) bond motifs is 1. The summed E-state index contributed by atoms with van der Waals surface area (Å²) in [6.07, 6.45) is -0.191. The lowest BCUT2D eigenvalue weighted by Crippen LogP contribution is -2.53. The van der Waals surface area contributed by atoms with Crippen LogP contribution in [0.2, 0.25) is 0 Å². The highest BCUT2D eigenvalue weighted by Crippen LogP contribution is 2.31. The van der Waals surface area contributed by atoms with Crippen molar-refractivity contribution in [2.75, 3.05) is 24.6 Å². The summed E-state index contributed by atoms with van der Waals surface area (Å²) in [6, 6.07) is 13.9. The zero-order valence-electron chi connectivity index (χ0n) is 13.2. The van der Waals surface area contributed by atoms with E-state index in [1.807, 2.05) is 24.3 Å². The largest absolute Gasteiger partial charge is 0.479 e. The number of carbonyl (C=O) groups is 1. The van der Waals surface area contributed by atoms with Crippen molar-refractivity contribution in [3.8, 4) is 5.75 Å². The van der Waals surface area contributed by atoms with Crippen molar-refractivity contribution < 1.29 is 18.7 Å². The molecule has 0 radical (unpaired) electrons. The summed E-state index contributed by atoms with van der Waals surface area (Å²) in [5, 5.41) is 0.927. The van der Waals surface area contributed by atoms with Crippen molar-refractivity contribution in [1.82, 2.24) is 4.98 Å². The first-order valence-corrected chi connectivity index (χ1v) is 8.68. The molecule has 25 heavy (non-hydrogen) atoms. The highest BCUT2D eigenvalue weighted by Gasteiger charge is 2.32. The van der Waals surface area contributed by atoms with Crippen LogP contribution in [-0.4, -0.2) is 36.8 Å². The predicted molar refractivity (Wildman–Crippen MR) is 93.6 cm³/mol. The third kappa shape index (κ3) is 3.41. The Balaban J connectivity index is 1.26. The molecule has 2 heterocycles. The summed E-state index contributed by atoms with van der Waals surface area (Å²) < 4.78 is 25.0. The van der Waals surface area contributed by atoms with Crippen LogP contribution >= 0.6 is 11.3 Å². The van der Waals surface area contributed by atoms with Gasteiger partial charge in [0, 0.05) is 0 Å². The molecule has 0 bridgehead atoms. The first-order chi connectivity index (χ1) is 12.2. The Labute approximate surface area is 147 Å². The maximum absolute atomic E-state index is 13.4. The van der Waals surface area contributed by atoms with Crippen LogP contribution in [0.25, 0.3) is 10.2 Å². The average Bonchev–Trinajstić information content (AvgIpc) is 3.00. The van der Waals surface area contributed by atoms with E-state index < -0.39 is 11.8 Å². The number of aromatic nitrogens is 1. The van der Waals surface area contributed by atoms with E-state index in [0.29, 0.717) is 13.1 Å². The first-order valence-electron chi connectivity index (χ1n) is 7.86. The van der Waals surface area contributed by atoms with Crippen LogP contribution in [0.1, 0.15) is 0 Å². The number of hydrogen-bond acceptors (Lipinski definition) is 6. The minimum absolute atomic E-state index is 0.0455. The number of nitrogens with zero attached hydrogens (tertiary/aromatic N) is 2. The SMILES string of the molecule is O=C(COc1ccccc1F)OC1CN(c2nc3ccccc3s2)C1. The van der Waals surface area contributed by atoms with Gasteiger partial charge in [0.1, 0.15) is 6.10 Å². The van der Waals surface area contributed by atoms with Crippen molar-refractivity contribution in [3.05, 3.63) is 54.3 Å². The highest BCUT2D eigenvalue weighted by molar-refractivity contribution is 7.22. The number of anilines is 1. The molecule has 1 aliphatic rings. The molecule has 0 atom stereocenters. The van der Waals surface area contributed by atoms with Crippen molar-refractivity contribution in [2.24, 2.45) is 0 Å². The molecule has 2 aromatic carbocycles. The van der Waals surface area contributed by atoms with Gasteiger partial charge in [0.05, 0.1) is 23.3 Å². The zero-order valence-corrected chi connectivity index (χ0v) is 14.0. The number of rotatable bonds is 5. The molecule has 0 N–H and O–H groups in total. The fourth-order valence-electron chi connectivity index (χ4n) is 2.58. The van der Waals surface area contributed by atoms with E-state index in [9.17, 15) is 9.18 Å². The number of thiazole rings is 1. The average molecular weight is 358 g/mol. The molecule has 128 valence electrons. The van der Waals surface area contributed by atoms with E-state index in [0.717, 1.165) is 15.3 Å². The van der Waals surface area contributed by atoms with E-state index in [4.69, 9.17) is 9.47 Å². The number of benzene rings is 2. The molecule has 5 nitrogen and oxygen atoms in total. The van der Waals surface area contributed by atoms with E-state index in [2.05, 4.69) is 9.88 Å². The fourth-order valence-corrected chi connectivity index (χ4v) is 3.57. The van der Waals surface area contributed by atoms with Gasteiger partial charge in [-0.15, -0.1) is 0 Å². The molecular formula is C18H15FN2O3S. The van der Waals surface area contributed by atoms with Gasteiger partial charge in [0.2, 0.25) is 0 Å². The molecule has 0 unspecified atom stereocenters. The van der Waals surface area contributed by atoms with Crippen LogP contribution < -0.4 is 9.64 Å². The van der Waals surface area contributed by atoms with Gasteiger partial charge in [0.15, 0.2) is 23.3 Å². The zero-order chi connectivity index (χ0) is 17.2. The quantitative estimate of drug-likeness (QED) is 0.656. The molecule has 0 spiro atoms. The number of carbonyl (C=O) groups excluding carboxylic acids is 1. The maximum Gasteiger partial charge on any atom is 0.344 e. The van der Waals surface area contributed by atoms with Crippen molar-refractivity contribution in [1.29, 1.82) is 0 Å². The lowest BCUT2D eigenvalue weighted by molar-refractivity contribution is -0.152. The van der Waals surface area contributed by atoms with Gasteiger partial charge >= 0.3 is 5.97 Å². The summed E-state index contributed by atoms with van der Waals surface area (Å²) in [5.74, 6) is -0.956. The molecule has 0 amide bonds. The van der Waals surface area contributed by atoms with Crippen LogP contribution in [0, 0.1) is 5.82 Å². The minimum atomic E-state index is -0.503. The molecule has 1 saturated heterocycles. The molecule has 3 aromatic rings. The Morgan fingerprint density at radius 3 is 2.76 bits per heavy atom. The molecule has 0 aliphatic carbocycles. The summed E-state index contributed by atoms with van der Waals surface area (Å²) >= 11 is 1.62. The highest BCUT2D eigenvalue weighted by atomic mass is 32.1. The van der Waals surface area contributed by atoms with Gasteiger partial charge in [0.25, 0.3) is 0 Å². The smallest absolute Gasteiger partial charge is 0.344 e. The van der Waals surface area contributed by atoms with Gasteiger partial charge in [-0.25, -0.2) is 14.2 Å². The van der Waals surface area contributed by atoms with Crippen molar-refractivity contribution in [2.45, 2.75) is 6.10 Å². The Morgan fingerprint density at radius 1 is 1.20 bits per heavy atom. The fraction of sp³-hybridized carbons (Fsp3) is 0.222. The van der Waals surface area contributed by atoms with Gasteiger partial charge in [-0.2, -0.15) is 0 Å². The molecule has 7 heteroatoms. The minimum Gasteiger partial charge on any atom is -0.479 e. The Bertz CT molecular complexity index is 875. The summed E-state index contributed by atoms with van der Waals surface area (Å²) in [4.78, 5) is 18.5. The molecule has 1 fully saturated rings. The second-order valence-electron chi connectivity index (χ2n) is 5.70. The Hall–Kier alpha value is -2.67. The monoisotopic (exact) mass is 358 g/mol. The molecule has 0 saturated carbocycles. The van der Waals surface area contributed by atoms with Gasteiger partial charge in [-0.3, -0.25) is 0 Å². The van der Waals surface area contributed by atoms with Crippen LogP contribution in [-0.2, 0) is 9.53 Å². The third-order valence-electron chi connectivity index (χ3n) is 3.88. The lowest BCUT2D eigenvalue weighted by atomic mass is 10.2. The standard InChI is InChI=1S/C18H15FN2O3S/c19-13-5-1-3-7-15(13)23-11-17(22)24-12-9-21(10-12)18-20-14-6-2-4-8-16(14)25-18/h1-8,12H,9-11H2. The molecular weight excluding hydrogens is 343 g/mol. The summed E-state index contributed by atoms with van der Waals surface area (Å²) in [7, 11) is 0. The van der Waals surface area contributed by atoms with Crippen molar-refractivity contribution in [3.63, 3.8) is 0 Å². The van der Waals surface area contributed by atoms with Gasteiger partial charge in [-0.1, -0.05) is 35.6 Å². The van der Waals surface area contributed by atoms with E-state index in [1.54, 1.807) is 23.5 Å². The van der Waals surface area contributed by atoms with Gasteiger partial charge in [-0.05, 0) is 24.3 Å². The topological polar surface area (TPSA) is 51.7 Å². The van der Waals surface area contributed by atoms with Crippen LogP contribution in [0.3, 0.4) is 0 Å². The molecule has 4 rings (SSSR count). The second-order valence-corrected chi connectivity index (χ2v) is 6.71. The number of esters is 1. The maximum atomic E-state index is 13.4. The van der Waals surface area contributed by atoms with Gasteiger partial charge < -0.3 is 14.4 Å². The second kappa shape index (κ2) is 6.68. The Kier molecular flexibility index (Phi) is 4.23. The van der Waals surface area contributed by atoms with Crippen LogP contribution in [0.4, 0.5) is 9.52 Å². The lowest BCUT2D eigenvalue weighted by Gasteiger charge is -2.38. The van der Waals surface area contributed by atoms with E-state index in [-0.39, 0.29) is 18.5 Å². The predicted octanol–water partition coefficient (Wildman–Crippen LogP) is 3.25. The third-order valence-corrected chi connectivity index (χ3v) is 4.98. The van der Waals surface area contributed by atoms with Crippen molar-refractivity contribution >= 4 is 32.7 Å². The number of halogens is 1. The normalized spacial score (nSPS) is 14.4. The van der Waals surface area contributed by atoms with E-state index in [1.165, 1.54) is 12.1 Å². The summed E-state index contributed by atoms with van der Waals surface area (Å²) in [5.41, 5.74) is 0.973. The number of hydrogen-bond donors (Lipinski definition) is 0. The summed E-state index contributed by atoms with van der Waals surface area (Å²) in [6.45, 7) is 0.898. The first kappa shape index (κ1) is 15.8.